The molecule has 0 radical (unpaired) electrons. The van der Waals surface area contributed by atoms with E-state index >= 15 is 0 Å². The maximum Gasteiger partial charge on any atom is 0.239 e. The Kier molecular flexibility index (Phi) is 5.23. The molecule has 1 aliphatic heterocycles. The topological polar surface area (TPSA) is 63.7 Å². The number of allylic oxidation sites excluding steroid dienone is 2. The lowest BCUT2D eigenvalue weighted by atomic mass is 9.60. The van der Waals surface area contributed by atoms with Crippen molar-refractivity contribution in [1.29, 1.82) is 0 Å². The smallest absolute Gasteiger partial charge is 0.239 e. The highest BCUT2D eigenvalue weighted by atomic mass is 16.5. The Morgan fingerprint density at radius 2 is 1.11 bits per heavy atom. The fourth-order valence-electron chi connectivity index (χ4n) is 7.44. The van der Waals surface area contributed by atoms with Crippen molar-refractivity contribution in [3.63, 3.8) is 0 Å². The van der Waals surface area contributed by atoms with Gasteiger partial charge in [-0.25, -0.2) is 4.90 Å². The van der Waals surface area contributed by atoms with Gasteiger partial charge in [0.05, 0.1) is 35.5 Å². The molecule has 0 aromatic heterocycles. The van der Waals surface area contributed by atoms with Gasteiger partial charge in [0.15, 0.2) is 5.78 Å². The summed E-state index contributed by atoms with van der Waals surface area (Å²) in [7, 11) is 1.58. The third-order valence-electron chi connectivity index (χ3n) is 8.89. The van der Waals surface area contributed by atoms with Gasteiger partial charge < -0.3 is 4.74 Å². The summed E-state index contributed by atoms with van der Waals surface area (Å²) in [5.41, 5.74) is 2.07. The van der Waals surface area contributed by atoms with Crippen LogP contribution in [0.4, 0.5) is 5.69 Å². The number of carbonyl (C=O) groups excluding carboxylic acids is 3. The van der Waals surface area contributed by atoms with Crippen LogP contribution in [-0.2, 0) is 14.4 Å². The molecule has 6 rings (SSSR count). The van der Waals surface area contributed by atoms with Crippen LogP contribution in [0.2, 0.25) is 0 Å². The zero-order chi connectivity index (χ0) is 25.9. The molecule has 2 fully saturated rings. The molecule has 5 nitrogen and oxygen atoms in total. The first-order valence-corrected chi connectivity index (χ1v) is 12.9. The van der Waals surface area contributed by atoms with E-state index in [2.05, 4.69) is 0 Å². The highest BCUT2D eigenvalue weighted by Crippen LogP contribution is 2.75. The van der Waals surface area contributed by atoms with Crippen molar-refractivity contribution in [3.05, 3.63) is 96.1 Å². The van der Waals surface area contributed by atoms with Crippen LogP contribution in [0, 0.1) is 22.7 Å². The molecule has 1 saturated heterocycles. The van der Waals surface area contributed by atoms with E-state index < -0.39 is 22.7 Å². The third-order valence-corrected chi connectivity index (χ3v) is 8.89. The molecule has 3 aromatic carbocycles. The zero-order valence-electron chi connectivity index (χ0n) is 21.2. The molecule has 37 heavy (non-hydrogen) atoms. The number of nitrogens with zero attached hydrogens (tertiary/aromatic N) is 1. The predicted octanol–water partition coefficient (Wildman–Crippen LogP) is 5.80. The van der Waals surface area contributed by atoms with Crippen LogP contribution in [0.25, 0.3) is 11.1 Å². The number of ether oxygens (including phenoxy) is 1. The van der Waals surface area contributed by atoms with E-state index in [0.29, 0.717) is 24.3 Å². The SMILES string of the molecule is CC[C@]12C(=O)[C@](CC)(C(c3ccccc3)=C1c1ccccc1)[C@H]1C(=O)N(c3ccc(OC)cc3)C(=O)[C@@H]12. The highest BCUT2D eigenvalue weighted by molar-refractivity contribution is 6.34. The minimum absolute atomic E-state index is 0.0220. The molecule has 2 amide bonds. The standard InChI is InChI=1S/C32H29NO4/c1-4-31-24(20-12-8-6-9-13-20)25(21-14-10-7-11-15-21)32(5-2,30(31)36)27-26(31)28(34)33(29(27)35)22-16-18-23(37-3)19-17-22/h6-19,26-27H,4-5H2,1-3H3/t26-,27-,31-,32+/m1/s1. The molecule has 1 heterocycles. The minimum atomic E-state index is -1.07. The van der Waals surface area contributed by atoms with E-state index in [0.717, 1.165) is 22.3 Å². The lowest BCUT2D eigenvalue weighted by molar-refractivity contribution is -0.134. The van der Waals surface area contributed by atoms with Crippen molar-refractivity contribution in [1.82, 2.24) is 0 Å². The van der Waals surface area contributed by atoms with E-state index in [9.17, 15) is 14.4 Å². The van der Waals surface area contributed by atoms with Crippen LogP contribution in [0.15, 0.2) is 84.9 Å². The van der Waals surface area contributed by atoms with Gasteiger partial charge in [-0.1, -0.05) is 74.5 Å². The molecule has 3 aromatic rings. The first-order chi connectivity index (χ1) is 18.0. The van der Waals surface area contributed by atoms with Crippen molar-refractivity contribution in [3.8, 4) is 5.75 Å². The molecule has 186 valence electrons. The van der Waals surface area contributed by atoms with Crippen molar-refractivity contribution < 1.29 is 19.1 Å². The molecule has 4 atom stereocenters. The van der Waals surface area contributed by atoms with Crippen LogP contribution in [0.5, 0.6) is 5.75 Å². The molecule has 1 saturated carbocycles. The summed E-state index contributed by atoms with van der Waals surface area (Å²) in [6.45, 7) is 3.96. The quantitative estimate of drug-likeness (QED) is 0.409. The highest BCUT2D eigenvalue weighted by Gasteiger charge is 2.80. The van der Waals surface area contributed by atoms with Crippen molar-refractivity contribution in [2.75, 3.05) is 12.0 Å². The third kappa shape index (κ3) is 2.77. The molecule has 2 bridgehead atoms. The van der Waals surface area contributed by atoms with Gasteiger partial charge in [-0.05, 0) is 59.4 Å². The maximum absolute atomic E-state index is 14.7. The number of carbonyl (C=O) groups is 3. The predicted molar refractivity (Wildman–Crippen MR) is 143 cm³/mol. The fraction of sp³-hybridized carbons (Fsp3) is 0.281. The summed E-state index contributed by atoms with van der Waals surface area (Å²) >= 11 is 0. The molecule has 3 aliphatic rings. The molecule has 0 spiro atoms. The van der Waals surface area contributed by atoms with Gasteiger partial charge in [-0.2, -0.15) is 0 Å². The average molecular weight is 492 g/mol. The first-order valence-electron chi connectivity index (χ1n) is 12.9. The fourth-order valence-corrected chi connectivity index (χ4v) is 7.44. The van der Waals surface area contributed by atoms with Crippen LogP contribution in [0.3, 0.4) is 0 Å². The number of methoxy groups -OCH3 is 1. The Balaban J connectivity index is 1.64. The number of anilines is 1. The average Bonchev–Trinajstić information content (AvgIpc) is 3.45. The number of rotatable bonds is 6. The van der Waals surface area contributed by atoms with Gasteiger partial charge in [-0.3, -0.25) is 14.4 Å². The molecule has 0 N–H and O–H groups in total. The van der Waals surface area contributed by atoms with Crippen molar-refractivity contribution in [2.45, 2.75) is 26.7 Å². The monoisotopic (exact) mass is 491 g/mol. The number of fused-ring (bicyclic) bond motifs is 5. The minimum Gasteiger partial charge on any atom is -0.497 e. The van der Waals surface area contributed by atoms with E-state index in [4.69, 9.17) is 4.74 Å². The second-order valence-corrected chi connectivity index (χ2v) is 10.1. The lowest BCUT2D eigenvalue weighted by Crippen LogP contribution is -2.41. The molecular formula is C32H29NO4. The summed E-state index contributed by atoms with van der Waals surface area (Å²) in [6, 6.07) is 26.8. The molecule has 2 aliphatic carbocycles. The van der Waals surface area contributed by atoms with E-state index in [1.54, 1.807) is 31.4 Å². The molecule has 0 unspecified atom stereocenters. The number of ketones is 1. The normalized spacial score (nSPS) is 28.3. The van der Waals surface area contributed by atoms with Crippen LogP contribution < -0.4 is 9.64 Å². The summed E-state index contributed by atoms with van der Waals surface area (Å²) in [5, 5.41) is 0. The van der Waals surface area contributed by atoms with Crippen LogP contribution in [-0.4, -0.2) is 24.7 Å². The Hall–Kier alpha value is -3.99. The summed E-state index contributed by atoms with van der Waals surface area (Å²) < 4.78 is 5.27. The summed E-state index contributed by atoms with van der Waals surface area (Å²) in [6.07, 6.45) is 0.898. The second kappa shape index (κ2) is 8.27. The van der Waals surface area contributed by atoms with Gasteiger partial charge in [0.1, 0.15) is 5.75 Å². The van der Waals surface area contributed by atoms with Gasteiger partial charge in [0.25, 0.3) is 0 Å². The van der Waals surface area contributed by atoms with Crippen LogP contribution in [0.1, 0.15) is 37.8 Å². The lowest BCUT2D eigenvalue weighted by Gasteiger charge is -2.38. The molecule has 5 heteroatoms. The Labute approximate surface area is 216 Å². The van der Waals surface area contributed by atoms with Crippen molar-refractivity contribution in [2.24, 2.45) is 22.7 Å². The van der Waals surface area contributed by atoms with E-state index in [-0.39, 0.29) is 17.6 Å². The van der Waals surface area contributed by atoms with Gasteiger partial charge in [0, 0.05) is 0 Å². The maximum atomic E-state index is 14.7. The van der Waals surface area contributed by atoms with Crippen LogP contribution >= 0.6 is 0 Å². The second-order valence-electron chi connectivity index (χ2n) is 10.1. The summed E-state index contributed by atoms with van der Waals surface area (Å²) in [4.78, 5) is 44.5. The number of imide groups is 1. The number of hydrogen-bond donors (Lipinski definition) is 0. The number of Topliss-reactive ketones (excluding diaryl/α,β-unsaturated/α-hetero) is 1. The first kappa shape index (κ1) is 23.4. The zero-order valence-corrected chi connectivity index (χ0v) is 21.2. The summed E-state index contributed by atoms with van der Waals surface area (Å²) in [5.74, 6) is -1.37. The number of amides is 2. The Morgan fingerprint density at radius 3 is 1.49 bits per heavy atom. The van der Waals surface area contributed by atoms with Gasteiger partial charge in [-0.15, -0.1) is 0 Å². The Morgan fingerprint density at radius 1 is 0.676 bits per heavy atom. The van der Waals surface area contributed by atoms with Crippen molar-refractivity contribution >= 4 is 34.4 Å². The van der Waals surface area contributed by atoms with Gasteiger partial charge in [0.2, 0.25) is 11.8 Å². The number of hydrogen-bond acceptors (Lipinski definition) is 4. The largest absolute Gasteiger partial charge is 0.497 e. The van der Waals surface area contributed by atoms with E-state index in [1.165, 1.54) is 4.90 Å². The number of benzene rings is 3. The van der Waals surface area contributed by atoms with Gasteiger partial charge >= 0.3 is 0 Å². The van der Waals surface area contributed by atoms with E-state index in [1.807, 2.05) is 74.5 Å². The molecular weight excluding hydrogens is 462 g/mol. The Bertz CT molecular complexity index is 1360.